The van der Waals surface area contributed by atoms with Crippen molar-refractivity contribution in [3.05, 3.63) is 86.2 Å². The molecule has 0 aliphatic rings. The number of hydrogen-bond acceptors (Lipinski definition) is 0. The summed E-state index contributed by atoms with van der Waals surface area (Å²) in [6, 6.07) is 25.9. The van der Waals surface area contributed by atoms with Crippen LogP contribution in [0.15, 0.2) is 86.2 Å². The van der Waals surface area contributed by atoms with E-state index in [1.807, 2.05) is 0 Å². The van der Waals surface area contributed by atoms with Crippen LogP contribution in [0, 0.1) is 0 Å². The molecule has 3 aromatic rings. The molecule has 0 aromatic heterocycles. The Bertz CT molecular complexity index is 693. The fraction of sp³-hybridized carbons (Fsp3) is 0. The Morgan fingerprint density at radius 1 is 0.455 bits per heavy atom. The second kappa shape index (κ2) is 7.70. The molecule has 0 atom stereocenters. The summed E-state index contributed by atoms with van der Waals surface area (Å²) in [5.41, 5.74) is 0. The van der Waals surface area contributed by atoms with Gasteiger partial charge in [-0.15, -0.1) is 0 Å². The molecule has 3 aromatic carbocycles. The van der Waals surface area contributed by atoms with Gasteiger partial charge in [0.05, 0.1) is 0 Å². The average Bonchev–Trinajstić information content (AvgIpc) is 2.53. The summed E-state index contributed by atoms with van der Waals surface area (Å²) in [6.45, 7) is 0. The molecule has 3 rings (SSSR count). The number of hydrogen-bond donors (Lipinski definition) is 0. The molecule has 22 heavy (non-hydrogen) atoms. The van der Waals surface area contributed by atoms with Gasteiger partial charge in [0.25, 0.3) is 0 Å². The van der Waals surface area contributed by atoms with E-state index in [-0.39, 0.29) is 0 Å². The van der Waals surface area contributed by atoms with Crippen molar-refractivity contribution < 1.29 is 0 Å². The van der Waals surface area contributed by atoms with E-state index in [1.54, 1.807) is 0 Å². The van der Waals surface area contributed by atoms with E-state index in [1.165, 1.54) is 23.2 Å². The van der Waals surface area contributed by atoms with Gasteiger partial charge >= 0.3 is 166 Å². The van der Waals surface area contributed by atoms with Crippen molar-refractivity contribution in [1.29, 1.82) is 0 Å². The minimum absolute atomic E-state index is 1.21. The van der Waals surface area contributed by atoms with Crippen LogP contribution in [0.5, 0.6) is 0 Å². The molecular formula is C18H12BiBr3. The Hall–Kier alpha value is -0.0169. The van der Waals surface area contributed by atoms with Crippen LogP contribution in [0.25, 0.3) is 0 Å². The second-order valence-corrected chi connectivity index (χ2v) is 15.5. The van der Waals surface area contributed by atoms with E-state index in [2.05, 4.69) is 121 Å². The van der Waals surface area contributed by atoms with Crippen molar-refractivity contribution in [3.63, 3.8) is 0 Å². The summed E-state index contributed by atoms with van der Waals surface area (Å²) in [7, 11) is 0. The van der Waals surface area contributed by atoms with E-state index in [4.69, 9.17) is 0 Å². The summed E-state index contributed by atoms with van der Waals surface area (Å²) in [4.78, 5) is 0. The van der Waals surface area contributed by atoms with Crippen molar-refractivity contribution in [2.45, 2.75) is 0 Å². The first-order valence-corrected chi connectivity index (χ1v) is 14.3. The predicted octanol–water partition coefficient (Wildman–Crippen LogP) is 4.49. The molecule has 0 heterocycles. The monoisotopic (exact) mass is 674 g/mol. The first-order valence-electron chi connectivity index (χ1n) is 6.72. The van der Waals surface area contributed by atoms with Crippen LogP contribution < -0.4 is 9.81 Å². The molecule has 4 heteroatoms. The number of rotatable bonds is 3. The molecule has 0 N–H and O–H groups in total. The molecule has 0 saturated heterocycles. The number of halogens is 3. The molecule has 0 saturated carbocycles. The fourth-order valence-electron chi connectivity index (χ4n) is 2.29. The molecule has 0 aliphatic heterocycles. The van der Waals surface area contributed by atoms with Gasteiger partial charge in [0.15, 0.2) is 0 Å². The maximum absolute atomic E-state index is 3.76. The van der Waals surface area contributed by atoms with Crippen molar-refractivity contribution in [3.8, 4) is 0 Å². The van der Waals surface area contributed by atoms with Crippen LogP contribution in [0.2, 0.25) is 0 Å². The third-order valence-corrected chi connectivity index (χ3v) is 19.3. The molecule has 0 radical (unpaired) electrons. The van der Waals surface area contributed by atoms with E-state index < -0.39 is 21.8 Å². The Morgan fingerprint density at radius 2 is 0.727 bits per heavy atom. The van der Waals surface area contributed by atoms with Crippen molar-refractivity contribution in [1.82, 2.24) is 0 Å². The van der Waals surface area contributed by atoms with Gasteiger partial charge in [0.2, 0.25) is 0 Å². The molecule has 0 aliphatic carbocycles. The Kier molecular flexibility index (Phi) is 5.89. The van der Waals surface area contributed by atoms with E-state index in [0.717, 1.165) is 0 Å². The molecule has 0 nitrogen and oxygen atoms in total. The van der Waals surface area contributed by atoms with Crippen LogP contribution in [-0.4, -0.2) is 21.8 Å². The van der Waals surface area contributed by atoms with Gasteiger partial charge in [-0.2, -0.15) is 0 Å². The van der Waals surface area contributed by atoms with Crippen LogP contribution in [0.4, 0.5) is 0 Å². The first-order chi connectivity index (χ1) is 10.7. The van der Waals surface area contributed by atoms with Gasteiger partial charge in [-0.3, -0.25) is 0 Å². The van der Waals surface area contributed by atoms with Crippen molar-refractivity contribution in [2.24, 2.45) is 0 Å². The van der Waals surface area contributed by atoms with Crippen molar-refractivity contribution >= 4 is 79.4 Å². The summed E-state index contributed by atoms with van der Waals surface area (Å²) < 4.78 is 7.99. The topological polar surface area (TPSA) is 0 Å². The summed E-state index contributed by atoms with van der Waals surface area (Å²) >= 11 is 8.91. The quantitative estimate of drug-likeness (QED) is 0.359. The average molecular weight is 677 g/mol. The van der Waals surface area contributed by atoms with Crippen molar-refractivity contribution in [2.75, 3.05) is 0 Å². The second-order valence-electron chi connectivity index (χ2n) is 4.69. The Morgan fingerprint density at radius 3 is 1.00 bits per heavy atom. The third-order valence-electron chi connectivity index (χ3n) is 3.28. The van der Waals surface area contributed by atoms with Crippen LogP contribution >= 0.6 is 47.8 Å². The Balaban J connectivity index is 2.27. The van der Waals surface area contributed by atoms with Gasteiger partial charge < -0.3 is 0 Å². The maximum atomic E-state index is 3.76. The SMILES string of the molecule is Brc1cccc[c]1[Bi]([c]1ccccc1Br)[c]1ccccc1Br. The summed E-state index contributed by atoms with van der Waals surface area (Å²) in [6.07, 6.45) is 0. The van der Waals surface area contributed by atoms with E-state index in [9.17, 15) is 0 Å². The summed E-state index contributed by atoms with van der Waals surface area (Å²) in [5.74, 6) is 0. The van der Waals surface area contributed by atoms with Gasteiger partial charge in [-0.25, -0.2) is 0 Å². The van der Waals surface area contributed by atoms with E-state index >= 15 is 0 Å². The van der Waals surface area contributed by atoms with Crippen LogP contribution in [0.3, 0.4) is 0 Å². The minimum atomic E-state index is -2.37. The fourth-order valence-corrected chi connectivity index (χ4v) is 16.9. The summed E-state index contributed by atoms with van der Waals surface area (Å²) in [5, 5.41) is 0. The third kappa shape index (κ3) is 3.56. The predicted molar refractivity (Wildman–Crippen MR) is 107 cm³/mol. The molecule has 0 fully saturated rings. The van der Waals surface area contributed by atoms with Gasteiger partial charge in [0.1, 0.15) is 0 Å². The Labute approximate surface area is 164 Å². The standard InChI is InChI=1S/3C6H4Br.Bi/c3*7-6-4-2-1-3-5-6;/h3*1-4H;. The van der Waals surface area contributed by atoms with Gasteiger partial charge in [0, 0.05) is 0 Å². The van der Waals surface area contributed by atoms with Gasteiger partial charge in [-0.1, -0.05) is 0 Å². The zero-order valence-electron chi connectivity index (χ0n) is 11.5. The van der Waals surface area contributed by atoms with Gasteiger partial charge in [-0.05, 0) is 0 Å². The van der Waals surface area contributed by atoms with Crippen LogP contribution in [-0.2, 0) is 0 Å². The molecular weight excluding hydrogens is 665 g/mol. The van der Waals surface area contributed by atoms with Crippen LogP contribution in [0.1, 0.15) is 0 Å². The molecule has 0 unspecified atom stereocenters. The molecule has 110 valence electrons. The zero-order chi connectivity index (χ0) is 15.5. The normalized spacial score (nSPS) is 10.9. The first kappa shape index (κ1) is 16.8. The molecule has 0 spiro atoms. The number of benzene rings is 3. The molecule has 0 amide bonds. The zero-order valence-corrected chi connectivity index (χ0v) is 19.7. The van der Waals surface area contributed by atoms with E-state index in [0.29, 0.717) is 0 Å². The molecule has 0 bridgehead atoms.